The normalized spacial score (nSPS) is 11.6. The fraction of sp³-hybridized carbons (Fsp3) is 0.333. The summed E-state index contributed by atoms with van der Waals surface area (Å²) < 4.78 is 27.0. The summed E-state index contributed by atoms with van der Waals surface area (Å²) in [5.41, 5.74) is 1.74. The summed E-state index contributed by atoms with van der Waals surface area (Å²) in [6.07, 6.45) is 0. The molecule has 0 aliphatic carbocycles. The maximum Gasteiger partial charge on any atom is 0.296 e. The van der Waals surface area contributed by atoms with E-state index in [1.54, 1.807) is 19.1 Å². The number of benzene rings is 1. The van der Waals surface area contributed by atoms with E-state index in [0.29, 0.717) is 5.56 Å². The van der Waals surface area contributed by atoms with E-state index in [1.165, 1.54) is 0 Å². The molecule has 0 fully saturated rings. The van der Waals surface area contributed by atoms with Crippen LogP contribution in [0.2, 0.25) is 0 Å². The molecule has 0 atom stereocenters. The molecule has 1 rings (SSSR count). The monoisotopic (exact) mass is 200 g/mol. The first-order valence-corrected chi connectivity index (χ1v) is 5.26. The molecule has 72 valence electrons. The van der Waals surface area contributed by atoms with Gasteiger partial charge in [-0.15, -0.1) is 0 Å². The van der Waals surface area contributed by atoms with Gasteiger partial charge in [0, 0.05) is 0 Å². The Morgan fingerprint density at radius 1 is 1.23 bits per heavy atom. The summed E-state index contributed by atoms with van der Waals surface area (Å²) in [5, 5.41) is 0. The first kappa shape index (κ1) is 10.2. The Kier molecular flexibility index (Phi) is 2.73. The van der Waals surface area contributed by atoms with E-state index in [1.807, 2.05) is 13.0 Å². The van der Waals surface area contributed by atoms with Gasteiger partial charge in [-0.2, -0.15) is 8.42 Å². The third-order valence-electron chi connectivity index (χ3n) is 1.82. The molecule has 0 heterocycles. The lowest BCUT2D eigenvalue weighted by molar-refractivity contribution is 0.397. The highest BCUT2D eigenvalue weighted by Gasteiger charge is 2.15. The van der Waals surface area contributed by atoms with Crippen LogP contribution < -0.4 is 0 Å². The van der Waals surface area contributed by atoms with Crippen molar-refractivity contribution in [3.8, 4) is 0 Å². The smallest absolute Gasteiger partial charge is 0.270 e. The lowest BCUT2D eigenvalue weighted by Gasteiger charge is -2.05. The number of aryl methyl sites for hydroxylation is 2. The maximum atomic E-state index is 11.3. The van der Waals surface area contributed by atoms with Gasteiger partial charge in [-0.25, -0.2) is 0 Å². The Hall–Kier alpha value is -0.870. The van der Waals surface area contributed by atoms with Crippen LogP contribution in [-0.2, 0) is 14.3 Å². The van der Waals surface area contributed by atoms with Crippen molar-refractivity contribution in [3.63, 3.8) is 0 Å². The van der Waals surface area contributed by atoms with Crippen molar-refractivity contribution in [1.29, 1.82) is 0 Å². The molecule has 1 aromatic rings. The van der Waals surface area contributed by atoms with Gasteiger partial charge in [0.2, 0.25) is 0 Å². The number of hydrogen-bond donors (Lipinski definition) is 0. The third-order valence-corrected chi connectivity index (χ3v) is 3.25. The molecule has 3 nitrogen and oxygen atoms in total. The van der Waals surface area contributed by atoms with Crippen molar-refractivity contribution in [3.05, 3.63) is 29.3 Å². The van der Waals surface area contributed by atoms with E-state index in [4.69, 9.17) is 0 Å². The highest BCUT2D eigenvalue weighted by molar-refractivity contribution is 7.86. The van der Waals surface area contributed by atoms with Crippen LogP contribution in [0.25, 0.3) is 0 Å². The van der Waals surface area contributed by atoms with Crippen molar-refractivity contribution in [2.24, 2.45) is 0 Å². The predicted molar refractivity (Wildman–Crippen MR) is 50.1 cm³/mol. The topological polar surface area (TPSA) is 43.4 Å². The molecule has 0 radical (unpaired) electrons. The van der Waals surface area contributed by atoms with Crippen molar-refractivity contribution < 1.29 is 12.6 Å². The molecule has 1 aromatic carbocycles. The van der Waals surface area contributed by atoms with E-state index >= 15 is 0 Å². The average molecular weight is 200 g/mol. The summed E-state index contributed by atoms with van der Waals surface area (Å²) in [4.78, 5) is 0.237. The van der Waals surface area contributed by atoms with Gasteiger partial charge in [-0.1, -0.05) is 17.7 Å². The molecular formula is C9H12O3S. The molecule has 0 saturated carbocycles. The summed E-state index contributed by atoms with van der Waals surface area (Å²) in [6, 6.07) is 5.12. The van der Waals surface area contributed by atoms with E-state index in [9.17, 15) is 8.42 Å². The maximum absolute atomic E-state index is 11.3. The Balaban J connectivity index is 3.33. The molecule has 0 bridgehead atoms. The van der Waals surface area contributed by atoms with Gasteiger partial charge in [0.1, 0.15) is 0 Å². The predicted octanol–water partition coefficient (Wildman–Crippen LogP) is 1.64. The van der Waals surface area contributed by atoms with Crippen LogP contribution in [0.1, 0.15) is 11.1 Å². The Morgan fingerprint density at radius 2 is 1.85 bits per heavy atom. The molecule has 0 aliphatic heterocycles. The average Bonchev–Trinajstić information content (AvgIpc) is 2.03. The fourth-order valence-corrected chi connectivity index (χ4v) is 2.04. The van der Waals surface area contributed by atoms with Crippen LogP contribution in [0.5, 0.6) is 0 Å². The lowest BCUT2D eigenvalue weighted by atomic mass is 10.2. The van der Waals surface area contributed by atoms with Gasteiger partial charge in [0.05, 0.1) is 12.0 Å². The standard InChI is InChI=1S/C9H12O3S/c1-7-4-5-9(8(2)6-7)13(10,11)12-3/h4-6H,1-3H3. The van der Waals surface area contributed by atoms with Gasteiger partial charge >= 0.3 is 0 Å². The van der Waals surface area contributed by atoms with E-state index in [0.717, 1.165) is 12.7 Å². The number of rotatable bonds is 2. The van der Waals surface area contributed by atoms with Crippen molar-refractivity contribution in [1.82, 2.24) is 0 Å². The summed E-state index contributed by atoms with van der Waals surface area (Å²) in [5.74, 6) is 0. The molecule has 0 unspecified atom stereocenters. The second-order valence-electron chi connectivity index (χ2n) is 2.89. The van der Waals surface area contributed by atoms with E-state index in [2.05, 4.69) is 4.18 Å². The molecule has 0 amide bonds. The Morgan fingerprint density at radius 3 is 2.31 bits per heavy atom. The molecule has 0 spiro atoms. The SMILES string of the molecule is COS(=O)(=O)c1ccc(C)cc1C. The third kappa shape index (κ3) is 2.08. The first-order valence-electron chi connectivity index (χ1n) is 3.85. The molecule has 4 heteroatoms. The Bertz CT molecular complexity index is 407. The van der Waals surface area contributed by atoms with Gasteiger partial charge in [0.15, 0.2) is 0 Å². The quantitative estimate of drug-likeness (QED) is 0.681. The zero-order valence-electron chi connectivity index (χ0n) is 7.87. The summed E-state index contributed by atoms with van der Waals surface area (Å²) >= 11 is 0. The van der Waals surface area contributed by atoms with Crippen molar-refractivity contribution in [2.45, 2.75) is 18.7 Å². The van der Waals surface area contributed by atoms with Crippen molar-refractivity contribution in [2.75, 3.05) is 7.11 Å². The van der Waals surface area contributed by atoms with Crippen LogP contribution in [0.4, 0.5) is 0 Å². The molecule has 0 aromatic heterocycles. The van der Waals surface area contributed by atoms with Gasteiger partial charge in [-0.05, 0) is 25.5 Å². The fourth-order valence-electron chi connectivity index (χ4n) is 1.17. The second kappa shape index (κ2) is 3.47. The first-order chi connectivity index (χ1) is 5.97. The second-order valence-corrected chi connectivity index (χ2v) is 4.57. The van der Waals surface area contributed by atoms with Crippen LogP contribution in [0, 0.1) is 13.8 Å². The lowest BCUT2D eigenvalue weighted by Crippen LogP contribution is -2.04. The largest absolute Gasteiger partial charge is 0.296 e. The van der Waals surface area contributed by atoms with Crippen molar-refractivity contribution >= 4 is 10.1 Å². The highest BCUT2D eigenvalue weighted by atomic mass is 32.2. The summed E-state index contributed by atoms with van der Waals surface area (Å²) in [7, 11) is -2.38. The Labute approximate surface area is 78.5 Å². The van der Waals surface area contributed by atoms with Gasteiger partial charge in [-0.3, -0.25) is 4.18 Å². The zero-order chi connectivity index (χ0) is 10.1. The zero-order valence-corrected chi connectivity index (χ0v) is 8.68. The molecule has 0 N–H and O–H groups in total. The van der Waals surface area contributed by atoms with E-state index in [-0.39, 0.29) is 4.90 Å². The van der Waals surface area contributed by atoms with Gasteiger partial charge < -0.3 is 0 Å². The summed E-state index contributed by atoms with van der Waals surface area (Å²) in [6.45, 7) is 3.66. The molecular weight excluding hydrogens is 188 g/mol. The minimum atomic E-state index is -3.55. The molecule has 0 saturated heterocycles. The highest BCUT2D eigenvalue weighted by Crippen LogP contribution is 2.17. The van der Waals surface area contributed by atoms with E-state index < -0.39 is 10.1 Å². The minimum Gasteiger partial charge on any atom is -0.270 e. The number of hydrogen-bond acceptors (Lipinski definition) is 3. The van der Waals surface area contributed by atoms with Gasteiger partial charge in [0.25, 0.3) is 10.1 Å². The molecule has 0 aliphatic rings. The van der Waals surface area contributed by atoms with Crippen LogP contribution in [-0.4, -0.2) is 15.5 Å². The molecule has 13 heavy (non-hydrogen) atoms. The van der Waals surface area contributed by atoms with Crippen LogP contribution in [0.15, 0.2) is 23.1 Å². The van der Waals surface area contributed by atoms with Crippen LogP contribution >= 0.6 is 0 Å². The van der Waals surface area contributed by atoms with Crippen LogP contribution in [0.3, 0.4) is 0 Å². The minimum absolute atomic E-state index is 0.237.